The molecule has 0 unspecified atom stereocenters. The highest BCUT2D eigenvalue weighted by atomic mass is 19.4. The van der Waals surface area contributed by atoms with Crippen LogP contribution in [-0.4, -0.2) is 19.5 Å². The first-order chi connectivity index (χ1) is 17.2. The van der Waals surface area contributed by atoms with E-state index in [4.69, 9.17) is 5.26 Å². The minimum atomic E-state index is -4.50. The van der Waals surface area contributed by atoms with Gasteiger partial charge in [0.05, 0.1) is 5.56 Å². The first-order valence-corrected chi connectivity index (χ1v) is 11.3. The van der Waals surface area contributed by atoms with E-state index >= 15 is 0 Å². The zero-order chi connectivity index (χ0) is 25.4. The fourth-order valence-electron chi connectivity index (χ4n) is 4.29. The summed E-state index contributed by atoms with van der Waals surface area (Å²) in [4.78, 5) is 13.0. The smallest absolute Gasteiger partial charge is 0.366 e. The number of benzene rings is 2. The van der Waals surface area contributed by atoms with E-state index in [0.29, 0.717) is 29.3 Å². The van der Waals surface area contributed by atoms with Crippen molar-refractivity contribution in [3.8, 4) is 28.8 Å². The van der Waals surface area contributed by atoms with Crippen LogP contribution in [0.25, 0.3) is 22.8 Å². The number of alkyl halides is 3. The number of halogens is 4. The summed E-state index contributed by atoms with van der Waals surface area (Å²) in [5.41, 5.74) is 3.00. The number of aryl methyl sites for hydroxylation is 2. The average Bonchev–Trinajstić information content (AvgIpc) is 3.50. The quantitative estimate of drug-likeness (QED) is 0.363. The Morgan fingerprint density at radius 3 is 2.47 bits per heavy atom. The van der Waals surface area contributed by atoms with E-state index in [1.807, 2.05) is 18.2 Å². The van der Waals surface area contributed by atoms with Crippen molar-refractivity contribution in [2.45, 2.75) is 32.0 Å². The van der Waals surface area contributed by atoms with Crippen molar-refractivity contribution >= 4 is 5.82 Å². The first kappa shape index (κ1) is 23.5. The summed E-state index contributed by atoms with van der Waals surface area (Å²) >= 11 is 0. The summed E-state index contributed by atoms with van der Waals surface area (Å²) in [6, 6.07) is 13.2. The maximum Gasteiger partial charge on any atom is 0.434 e. The Kier molecular flexibility index (Phi) is 5.92. The lowest BCUT2D eigenvalue weighted by Gasteiger charge is -2.13. The molecule has 0 saturated carbocycles. The highest BCUT2D eigenvalue weighted by molar-refractivity contribution is 5.63. The highest BCUT2D eigenvalue weighted by Gasteiger charge is 2.34. The normalized spacial score (nSPS) is 12.9. The molecule has 0 aliphatic heterocycles. The molecule has 2 aromatic carbocycles. The van der Waals surface area contributed by atoms with Gasteiger partial charge in [0.2, 0.25) is 0 Å². The molecule has 0 saturated heterocycles. The zero-order valence-corrected chi connectivity index (χ0v) is 19.2. The van der Waals surface area contributed by atoms with Crippen molar-refractivity contribution in [3.05, 3.63) is 82.6 Å². The SMILES string of the molecule is Cn1cc(C(F)(F)F)nc1-c1ccc(CNc2nc(-c3ccc(F)c(C#N)c3)nc3c2CCC3)cc1. The van der Waals surface area contributed by atoms with Crippen molar-refractivity contribution in [2.24, 2.45) is 7.05 Å². The van der Waals surface area contributed by atoms with Crippen molar-refractivity contribution in [1.29, 1.82) is 5.26 Å². The molecule has 1 aliphatic carbocycles. The molecule has 2 aromatic heterocycles. The van der Waals surface area contributed by atoms with E-state index in [9.17, 15) is 17.6 Å². The van der Waals surface area contributed by atoms with Crippen LogP contribution in [0.1, 0.15) is 34.5 Å². The van der Waals surface area contributed by atoms with E-state index in [2.05, 4.69) is 20.3 Å². The topological polar surface area (TPSA) is 79.4 Å². The van der Waals surface area contributed by atoms with E-state index in [-0.39, 0.29) is 11.4 Å². The zero-order valence-electron chi connectivity index (χ0n) is 19.2. The van der Waals surface area contributed by atoms with Crippen LogP contribution < -0.4 is 5.32 Å². The lowest BCUT2D eigenvalue weighted by Crippen LogP contribution is -2.07. The number of nitrogens with one attached hydrogen (secondary N) is 1. The van der Waals surface area contributed by atoms with E-state index in [1.165, 1.54) is 23.7 Å². The van der Waals surface area contributed by atoms with Gasteiger partial charge in [-0.3, -0.25) is 0 Å². The second-order valence-corrected chi connectivity index (χ2v) is 8.59. The molecule has 5 rings (SSSR count). The average molecular weight is 492 g/mol. The van der Waals surface area contributed by atoms with Gasteiger partial charge in [-0.25, -0.2) is 19.3 Å². The summed E-state index contributed by atoms with van der Waals surface area (Å²) in [6.45, 7) is 0.435. The minimum Gasteiger partial charge on any atom is -0.366 e. The minimum absolute atomic E-state index is 0.0683. The molecule has 0 amide bonds. The van der Waals surface area contributed by atoms with Crippen molar-refractivity contribution in [1.82, 2.24) is 19.5 Å². The summed E-state index contributed by atoms with van der Waals surface area (Å²) in [5.74, 6) is 0.735. The second-order valence-electron chi connectivity index (χ2n) is 8.59. The number of imidazole rings is 1. The lowest BCUT2D eigenvalue weighted by molar-refractivity contribution is -0.140. The summed E-state index contributed by atoms with van der Waals surface area (Å²) in [5, 5.41) is 12.5. The monoisotopic (exact) mass is 492 g/mol. The molecule has 0 bridgehead atoms. The Morgan fingerprint density at radius 2 is 1.78 bits per heavy atom. The number of hydrogen-bond donors (Lipinski definition) is 1. The Morgan fingerprint density at radius 1 is 1.03 bits per heavy atom. The number of fused-ring (bicyclic) bond motifs is 1. The molecule has 4 aromatic rings. The Hall–Kier alpha value is -4.26. The number of nitrogens with zero attached hydrogens (tertiary/aromatic N) is 5. The van der Waals surface area contributed by atoms with Gasteiger partial charge in [0.15, 0.2) is 11.5 Å². The van der Waals surface area contributed by atoms with Gasteiger partial charge in [-0.1, -0.05) is 24.3 Å². The summed E-state index contributed by atoms with van der Waals surface area (Å²) in [6.07, 6.45) is -0.929. The Bertz CT molecular complexity index is 1480. The summed E-state index contributed by atoms with van der Waals surface area (Å²) < 4.78 is 54.1. The van der Waals surface area contributed by atoms with Gasteiger partial charge in [-0.2, -0.15) is 18.4 Å². The molecule has 1 N–H and O–H groups in total. The van der Waals surface area contributed by atoms with Crippen LogP contribution in [-0.2, 0) is 32.6 Å². The van der Waals surface area contributed by atoms with Gasteiger partial charge in [-0.05, 0) is 43.0 Å². The molecule has 0 atom stereocenters. The molecule has 6 nitrogen and oxygen atoms in total. The van der Waals surface area contributed by atoms with Crippen LogP contribution in [0, 0.1) is 17.1 Å². The fourth-order valence-corrected chi connectivity index (χ4v) is 4.29. The molecule has 36 heavy (non-hydrogen) atoms. The maximum absolute atomic E-state index is 13.8. The van der Waals surface area contributed by atoms with Gasteiger partial charge >= 0.3 is 6.18 Å². The van der Waals surface area contributed by atoms with Crippen LogP contribution in [0.4, 0.5) is 23.4 Å². The molecular weight excluding hydrogens is 472 g/mol. The number of hydrogen-bond acceptors (Lipinski definition) is 5. The molecule has 182 valence electrons. The van der Waals surface area contributed by atoms with E-state index < -0.39 is 17.7 Å². The lowest BCUT2D eigenvalue weighted by atomic mass is 10.1. The van der Waals surface area contributed by atoms with Gasteiger partial charge in [-0.15, -0.1) is 0 Å². The highest BCUT2D eigenvalue weighted by Crippen LogP contribution is 2.32. The molecule has 0 fully saturated rings. The molecule has 2 heterocycles. The number of anilines is 1. The predicted octanol–water partition coefficient (Wildman–Crippen LogP) is 5.67. The predicted molar refractivity (Wildman–Crippen MR) is 125 cm³/mol. The number of aromatic nitrogens is 4. The van der Waals surface area contributed by atoms with Gasteiger partial charge in [0.25, 0.3) is 0 Å². The first-order valence-electron chi connectivity index (χ1n) is 11.3. The molecule has 1 aliphatic rings. The molecule has 10 heteroatoms. The third-order valence-electron chi connectivity index (χ3n) is 6.12. The van der Waals surface area contributed by atoms with Gasteiger partial charge in [0, 0.05) is 42.2 Å². The Balaban J connectivity index is 1.37. The third-order valence-corrected chi connectivity index (χ3v) is 6.12. The molecular formula is C26H20F4N6. The second kappa shape index (κ2) is 9.07. The number of nitriles is 1. The third kappa shape index (κ3) is 4.52. The van der Waals surface area contributed by atoms with Crippen LogP contribution in [0.5, 0.6) is 0 Å². The van der Waals surface area contributed by atoms with E-state index in [1.54, 1.807) is 18.2 Å². The van der Waals surface area contributed by atoms with Crippen LogP contribution in [0.15, 0.2) is 48.7 Å². The van der Waals surface area contributed by atoms with Gasteiger partial charge < -0.3 is 9.88 Å². The van der Waals surface area contributed by atoms with Crippen molar-refractivity contribution in [3.63, 3.8) is 0 Å². The summed E-state index contributed by atoms with van der Waals surface area (Å²) in [7, 11) is 1.53. The fraction of sp³-hybridized carbons (Fsp3) is 0.231. The van der Waals surface area contributed by atoms with Crippen LogP contribution in [0.3, 0.4) is 0 Å². The van der Waals surface area contributed by atoms with Crippen molar-refractivity contribution < 1.29 is 17.6 Å². The Labute approximate surface area is 204 Å². The molecule has 0 radical (unpaired) electrons. The maximum atomic E-state index is 13.8. The largest absolute Gasteiger partial charge is 0.434 e. The standard InChI is InChI=1S/C26H20F4N6/c1-36-14-22(26(28,29)30)34-25(36)16-7-5-15(6-8-16)13-32-24-19-3-2-4-21(19)33-23(35-24)17-9-10-20(27)18(11-17)12-31/h5-11,14H,2-4,13H2,1H3,(H,32,33,35). The van der Waals surface area contributed by atoms with Crippen LogP contribution >= 0.6 is 0 Å². The van der Waals surface area contributed by atoms with E-state index in [0.717, 1.165) is 42.3 Å². The molecule has 0 spiro atoms. The number of rotatable bonds is 5. The van der Waals surface area contributed by atoms with Crippen LogP contribution in [0.2, 0.25) is 0 Å². The van der Waals surface area contributed by atoms with Crippen molar-refractivity contribution in [2.75, 3.05) is 5.32 Å². The van der Waals surface area contributed by atoms with Gasteiger partial charge in [0.1, 0.15) is 23.5 Å².